The number of nitrogens with zero attached hydrogens (tertiary/aromatic N) is 1. The zero-order valence-corrected chi connectivity index (χ0v) is 12.4. The molecule has 0 spiro atoms. The average molecular weight is 306 g/mol. The monoisotopic (exact) mass is 305 g/mol. The first-order chi connectivity index (χ1) is 8.34. The van der Waals surface area contributed by atoms with E-state index in [2.05, 4.69) is 15.6 Å². The molecular formula is C13H21Cl2N3O. The Kier molecular flexibility index (Phi) is 9.57. The van der Waals surface area contributed by atoms with Crippen LogP contribution in [-0.2, 0) is 11.2 Å². The molecule has 0 bridgehead atoms. The smallest absolute Gasteiger partial charge is 0.220 e. The molecule has 0 aliphatic carbocycles. The first kappa shape index (κ1) is 18.2. The lowest BCUT2D eigenvalue weighted by atomic mass is 10.1. The van der Waals surface area contributed by atoms with Crippen molar-refractivity contribution in [1.82, 2.24) is 15.6 Å². The van der Waals surface area contributed by atoms with Gasteiger partial charge in [0.05, 0.1) is 0 Å². The Bertz CT molecular complexity index is 356. The molecule has 1 aliphatic rings. The Morgan fingerprint density at radius 1 is 1.37 bits per heavy atom. The largest absolute Gasteiger partial charge is 0.352 e. The fourth-order valence-corrected chi connectivity index (χ4v) is 2.08. The fraction of sp³-hybridized carbons (Fsp3) is 0.538. The quantitative estimate of drug-likeness (QED) is 0.891. The number of pyridine rings is 1. The topological polar surface area (TPSA) is 54.0 Å². The number of piperidine rings is 1. The highest BCUT2D eigenvalue weighted by atomic mass is 35.5. The van der Waals surface area contributed by atoms with Crippen molar-refractivity contribution in [1.29, 1.82) is 0 Å². The van der Waals surface area contributed by atoms with Crippen molar-refractivity contribution in [3.8, 4) is 0 Å². The molecule has 1 aromatic rings. The summed E-state index contributed by atoms with van der Waals surface area (Å²) in [6, 6.07) is 4.22. The molecule has 108 valence electrons. The van der Waals surface area contributed by atoms with Gasteiger partial charge in [-0.25, -0.2) is 0 Å². The number of hydrogen-bond donors (Lipinski definition) is 2. The van der Waals surface area contributed by atoms with E-state index >= 15 is 0 Å². The SMILES string of the molecule is Cl.Cl.O=C(CCc1ccncc1)N[C@H]1CCCNC1. The molecule has 0 radical (unpaired) electrons. The van der Waals surface area contributed by atoms with E-state index < -0.39 is 0 Å². The second-order valence-corrected chi connectivity index (χ2v) is 4.47. The third-order valence-electron chi connectivity index (χ3n) is 3.05. The number of aryl methyl sites for hydroxylation is 1. The van der Waals surface area contributed by atoms with Crippen LogP contribution in [0, 0.1) is 0 Å². The maximum absolute atomic E-state index is 11.7. The molecule has 4 nitrogen and oxygen atoms in total. The second-order valence-electron chi connectivity index (χ2n) is 4.47. The molecule has 1 saturated heterocycles. The summed E-state index contributed by atoms with van der Waals surface area (Å²) in [6.45, 7) is 1.98. The molecule has 1 aromatic heterocycles. The molecule has 1 aliphatic heterocycles. The minimum absolute atomic E-state index is 0. The highest BCUT2D eigenvalue weighted by molar-refractivity contribution is 5.85. The van der Waals surface area contributed by atoms with E-state index in [0.29, 0.717) is 12.5 Å². The van der Waals surface area contributed by atoms with Crippen molar-refractivity contribution in [2.75, 3.05) is 13.1 Å². The van der Waals surface area contributed by atoms with Gasteiger partial charge in [0.2, 0.25) is 5.91 Å². The van der Waals surface area contributed by atoms with Crippen LogP contribution in [0.2, 0.25) is 0 Å². The fourth-order valence-electron chi connectivity index (χ4n) is 2.08. The highest BCUT2D eigenvalue weighted by Crippen LogP contribution is 2.04. The molecule has 2 N–H and O–H groups in total. The third-order valence-corrected chi connectivity index (χ3v) is 3.05. The summed E-state index contributed by atoms with van der Waals surface area (Å²) in [4.78, 5) is 15.7. The van der Waals surface area contributed by atoms with E-state index in [1.165, 1.54) is 0 Å². The standard InChI is InChI=1S/C13H19N3O.2ClH/c17-13(16-12-2-1-7-15-10-12)4-3-11-5-8-14-9-6-11;;/h5-6,8-9,12,15H,1-4,7,10H2,(H,16,17);2*1H/t12-;;/m0../s1. The van der Waals surface area contributed by atoms with E-state index in [0.717, 1.165) is 37.9 Å². The number of carbonyl (C=O) groups excluding carboxylic acids is 1. The van der Waals surface area contributed by atoms with E-state index in [1.54, 1.807) is 12.4 Å². The van der Waals surface area contributed by atoms with Crippen LogP contribution in [0.25, 0.3) is 0 Å². The predicted octanol–water partition coefficient (Wildman–Crippen LogP) is 1.73. The summed E-state index contributed by atoms with van der Waals surface area (Å²) < 4.78 is 0. The molecule has 0 saturated carbocycles. The average Bonchev–Trinajstić information content (AvgIpc) is 2.39. The van der Waals surface area contributed by atoms with Crippen molar-refractivity contribution in [2.24, 2.45) is 0 Å². The van der Waals surface area contributed by atoms with Gasteiger partial charge < -0.3 is 10.6 Å². The van der Waals surface area contributed by atoms with Crippen molar-refractivity contribution in [3.05, 3.63) is 30.1 Å². The molecule has 0 aromatic carbocycles. The highest BCUT2D eigenvalue weighted by Gasteiger charge is 2.14. The predicted molar refractivity (Wildman–Crippen MR) is 81.1 cm³/mol. The van der Waals surface area contributed by atoms with Crippen molar-refractivity contribution in [3.63, 3.8) is 0 Å². The van der Waals surface area contributed by atoms with Gasteiger partial charge in [-0.2, -0.15) is 0 Å². The summed E-state index contributed by atoms with van der Waals surface area (Å²) in [6.07, 6.45) is 7.11. The maximum Gasteiger partial charge on any atom is 0.220 e. The summed E-state index contributed by atoms with van der Waals surface area (Å²) in [5, 5.41) is 6.36. The van der Waals surface area contributed by atoms with Gasteiger partial charge in [-0.3, -0.25) is 9.78 Å². The molecular weight excluding hydrogens is 285 g/mol. The molecule has 0 unspecified atom stereocenters. The zero-order chi connectivity index (χ0) is 11.9. The number of carbonyl (C=O) groups is 1. The van der Waals surface area contributed by atoms with Gasteiger partial charge in [-0.05, 0) is 43.5 Å². The number of hydrogen-bond acceptors (Lipinski definition) is 3. The van der Waals surface area contributed by atoms with Gasteiger partial charge in [-0.15, -0.1) is 24.8 Å². The van der Waals surface area contributed by atoms with Crippen LogP contribution in [0.15, 0.2) is 24.5 Å². The maximum atomic E-state index is 11.7. The van der Waals surface area contributed by atoms with E-state index in [1.807, 2.05) is 12.1 Å². The van der Waals surface area contributed by atoms with Gasteiger partial charge in [0.15, 0.2) is 0 Å². The summed E-state index contributed by atoms with van der Waals surface area (Å²) in [5.74, 6) is 0.149. The van der Waals surface area contributed by atoms with Crippen molar-refractivity contribution >= 4 is 30.7 Å². The van der Waals surface area contributed by atoms with Crippen LogP contribution in [0.5, 0.6) is 0 Å². The normalized spacial score (nSPS) is 17.8. The zero-order valence-electron chi connectivity index (χ0n) is 10.8. The molecule has 6 heteroatoms. The molecule has 1 amide bonds. The Morgan fingerprint density at radius 2 is 2.11 bits per heavy atom. The third kappa shape index (κ3) is 6.76. The lowest BCUT2D eigenvalue weighted by Gasteiger charge is -2.23. The van der Waals surface area contributed by atoms with Gasteiger partial charge in [0.25, 0.3) is 0 Å². The Labute approximate surface area is 126 Å². The minimum atomic E-state index is 0. The van der Waals surface area contributed by atoms with E-state index in [-0.39, 0.29) is 30.7 Å². The van der Waals surface area contributed by atoms with E-state index in [4.69, 9.17) is 0 Å². The van der Waals surface area contributed by atoms with Crippen molar-refractivity contribution in [2.45, 2.75) is 31.7 Å². The molecule has 2 rings (SSSR count). The van der Waals surface area contributed by atoms with Crippen LogP contribution in [0.4, 0.5) is 0 Å². The van der Waals surface area contributed by atoms with Crippen LogP contribution < -0.4 is 10.6 Å². The Hall–Kier alpha value is -0.840. The molecule has 2 heterocycles. The van der Waals surface area contributed by atoms with Gasteiger partial charge in [0.1, 0.15) is 0 Å². The number of nitrogens with one attached hydrogen (secondary N) is 2. The number of amides is 1. The molecule has 1 atom stereocenters. The Morgan fingerprint density at radius 3 is 2.74 bits per heavy atom. The summed E-state index contributed by atoms with van der Waals surface area (Å²) in [7, 11) is 0. The van der Waals surface area contributed by atoms with Gasteiger partial charge in [0, 0.05) is 31.4 Å². The lowest BCUT2D eigenvalue weighted by Crippen LogP contribution is -2.45. The number of rotatable bonds is 4. The number of halogens is 2. The van der Waals surface area contributed by atoms with Crippen LogP contribution in [0.3, 0.4) is 0 Å². The Balaban J connectivity index is 0.00000162. The van der Waals surface area contributed by atoms with E-state index in [9.17, 15) is 4.79 Å². The van der Waals surface area contributed by atoms with Gasteiger partial charge >= 0.3 is 0 Å². The van der Waals surface area contributed by atoms with Crippen molar-refractivity contribution < 1.29 is 4.79 Å². The van der Waals surface area contributed by atoms with Crippen LogP contribution in [0.1, 0.15) is 24.8 Å². The van der Waals surface area contributed by atoms with Gasteiger partial charge in [-0.1, -0.05) is 0 Å². The minimum Gasteiger partial charge on any atom is -0.352 e. The second kappa shape index (κ2) is 10.0. The molecule has 19 heavy (non-hydrogen) atoms. The molecule has 1 fully saturated rings. The van der Waals surface area contributed by atoms with Crippen LogP contribution >= 0.6 is 24.8 Å². The first-order valence-corrected chi connectivity index (χ1v) is 6.23. The first-order valence-electron chi connectivity index (χ1n) is 6.23. The lowest BCUT2D eigenvalue weighted by molar-refractivity contribution is -0.121. The van der Waals surface area contributed by atoms with Crippen LogP contribution in [-0.4, -0.2) is 30.0 Å². The number of aromatic nitrogens is 1. The summed E-state index contributed by atoms with van der Waals surface area (Å²) in [5.41, 5.74) is 1.16. The summed E-state index contributed by atoms with van der Waals surface area (Å²) >= 11 is 0.